The van der Waals surface area contributed by atoms with Gasteiger partial charge in [-0.25, -0.2) is 0 Å². The topological polar surface area (TPSA) is 63.3 Å². The highest BCUT2D eigenvalue weighted by Crippen LogP contribution is 2.36. The van der Waals surface area contributed by atoms with Gasteiger partial charge >= 0.3 is 12.1 Å². The van der Waals surface area contributed by atoms with E-state index in [1.165, 1.54) is 12.1 Å². The van der Waals surface area contributed by atoms with Gasteiger partial charge in [-0.05, 0) is 24.1 Å². The summed E-state index contributed by atoms with van der Waals surface area (Å²) in [6, 6.07) is 2.28. The van der Waals surface area contributed by atoms with Crippen LogP contribution in [0.15, 0.2) is 18.2 Å². The number of aliphatic carboxylic acids is 1. The second kappa shape index (κ2) is 5.58. The maximum atomic E-state index is 12.8. The number of halogens is 4. The number of alkyl halides is 3. The third-order valence-electron chi connectivity index (χ3n) is 2.39. The molecule has 100 valence electrons. The predicted octanol–water partition coefficient (Wildman–Crippen LogP) is 3.22. The van der Waals surface area contributed by atoms with E-state index in [1.54, 1.807) is 0 Å². The lowest BCUT2D eigenvalue weighted by molar-refractivity contribution is -0.138. The first-order valence-corrected chi connectivity index (χ1v) is 5.43. The second-order valence-corrected chi connectivity index (χ2v) is 4.20. The molecule has 0 aliphatic rings. The minimum Gasteiger partial charge on any atom is -0.481 e. The molecule has 1 aromatic rings. The summed E-state index contributed by atoms with van der Waals surface area (Å²) in [4.78, 5) is 10.4. The van der Waals surface area contributed by atoms with E-state index in [-0.39, 0.29) is 23.4 Å². The molecule has 0 bridgehead atoms. The summed E-state index contributed by atoms with van der Waals surface area (Å²) in [6.07, 6.45) is -4.93. The molecule has 0 aliphatic heterocycles. The van der Waals surface area contributed by atoms with Crippen LogP contribution in [0.3, 0.4) is 0 Å². The Morgan fingerprint density at radius 3 is 2.56 bits per heavy atom. The van der Waals surface area contributed by atoms with Gasteiger partial charge in [0.1, 0.15) is 0 Å². The summed E-state index contributed by atoms with van der Waals surface area (Å²) in [5.41, 5.74) is 4.52. The fourth-order valence-electron chi connectivity index (χ4n) is 1.53. The number of carbonyl (C=O) groups is 1. The molecule has 3 N–H and O–H groups in total. The van der Waals surface area contributed by atoms with E-state index in [0.717, 1.165) is 6.07 Å². The van der Waals surface area contributed by atoms with Crippen LogP contribution in [0.25, 0.3) is 0 Å². The van der Waals surface area contributed by atoms with Crippen LogP contribution < -0.4 is 5.73 Å². The molecule has 1 rings (SSSR count). The van der Waals surface area contributed by atoms with E-state index in [0.29, 0.717) is 0 Å². The number of carboxylic acid groups (broad SMARTS) is 1. The molecule has 0 aromatic heterocycles. The maximum absolute atomic E-state index is 12.8. The molecule has 0 heterocycles. The summed E-state index contributed by atoms with van der Waals surface area (Å²) in [6.45, 7) is 0. The Hall–Kier alpha value is -1.27. The molecule has 0 fully saturated rings. The summed E-state index contributed by atoms with van der Waals surface area (Å²) in [5.74, 6) is -1.10. The molecule has 0 saturated heterocycles. The van der Waals surface area contributed by atoms with Crippen LogP contribution in [0, 0.1) is 0 Å². The van der Waals surface area contributed by atoms with Crippen molar-refractivity contribution in [3.8, 4) is 0 Å². The Bertz CT molecular complexity index is 448. The molecule has 3 nitrogen and oxygen atoms in total. The highest BCUT2D eigenvalue weighted by Gasteiger charge is 2.34. The van der Waals surface area contributed by atoms with E-state index in [9.17, 15) is 18.0 Å². The highest BCUT2D eigenvalue weighted by molar-refractivity contribution is 6.30. The van der Waals surface area contributed by atoms with Gasteiger partial charge in [-0.1, -0.05) is 17.7 Å². The Morgan fingerprint density at radius 2 is 2.06 bits per heavy atom. The van der Waals surface area contributed by atoms with Crippen LogP contribution in [0.4, 0.5) is 13.2 Å². The summed E-state index contributed by atoms with van der Waals surface area (Å²) >= 11 is 5.52. The molecular weight excluding hydrogens is 271 g/mol. The molecule has 0 aliphatic carbocycles. The minimum absolute atomic E-state index is 0.0449. The first-order chi connectivity index (χ1) is 8.21. The van der Waals surface area contributed by atoms with Gasteiger partial charge in [0.2, 0.25) is 0 Å². The van der Waals surface area contributed by atoms with E-state index in [1.807, 2.05) is 0 Å². The van der Waals surface area contributed by atoms with Crippen LogP contribution in [0.2, 0.25) is 5.02 Å². The number of hydrogen-bond donors (Lipinski definition) is 2. The van der Waals surface area contributed by atoms with Crippen molar-refractivity contribution in [1.29, 1.82) is 0 Å². The lowest BCUT2D eigenvalue weighted by Crippen LogP contribution is -2.18. The van der Waals surface area contributed by atoms with Crippen molar-refractivity contribution in [2.24, 2.45) is 5.73 Å². The molecule has 0 radical (unpaired) electrons. The monoisotopic (exact) mass is 281 g/mol. The Labute approximate surface area is 106 Å². The van der Waals surface area contributed by atoms with Crippen LogP contribution in [0.1, 0.15) is 30.0 Å². The largest absolute Gasteiger partial charge is 0.481 e. The third kappa shape index (κ3) is 3.89. The van der Waals surface area contributed by atoms with Crippen molar-refractivity contribution in [3.05, 3.63) is 34.3 Å². The van der Waals surface area contributed by atoms with Crippen molar-refractivity contribution in [3.63, 3.8) is 0 Å². The van der Waals surface area contributed by atoms with Crippen molar-refractivity contribution < 1.29 is 23.1 Å². The molecule has 1 atom stereocenters. The van der Waals surface area contributed by atoms with Crippen LogP contribution in [-0.2, 0) is 11.0 Å². The molecule has 1 unspecified atom stereocenters. The molecule has 1 aromatic carbocycles. The molecular formula is C11H11ClF3NO2. The predicted molar refractivity (Wildman–Crippen MR) is 60.3 cm³/mol. The first kappa shape index (κ1) is 14.8. The number of carboxylic acids is 1. The van der Waals surface area contributed by atoms with Gasteiger partial charge in [-0.2, -0.15) is 13.2 Å². The van der Waals surface area contributed by atoms with Crippen LogP contribution in [-0.4, -0.2) is 11.1 Å². The number of hydrogen-bond acceptors (Lipinski definition) is 2. The normalized spacial score (nSPS) is 13.4. The zero-order valence-corrected chi connectivity index (χ0v) is 9.92. The number of nitrogens with two attached hydrogens (primary N) is 1. The number of rotatable bonds is 4. The maximum Gasteiger partial charge on any atom is 0.416 e. The fraction of sp³-hybridized carbons (Fsp3) is 0.364. The molecule has 7 heteroatoms. The number of benzene rings is 1. The van der Waals surface area contributed by atoms with Crippen LogP contribution >= 0.6 is 11.6 Å². The van der Waals surface area contributed by atoms with Gasteiger partial charge in [0.15, 0.2) is 0 Å². The van der Waals surface area contributed by atoms with E-state index >= 15 is 0 Å². The van der Waals surface area contributed by atoms with Gasteiger partial charge in [0, 0.05) is 17.5 Å². The van der Waals surface area contributed by atoms with Gasteiger partial charge in [-0.15, -0.1) is 0 Å². The average molecular weight is 282 g/mol. The van der Waals surface area contributed by atoms with Crippen LogP contribution in [0.5, 0.6) is 0 Å². The lowest BCUT2D eigenvalue weighted by Gasteiger charge is -2.18. The Morgan fingerprint density at radius 1 is 1.44 bits per heavy atom. The van der Waals surface area contributed by atoms with Crippen molar-refractivity contribution in [1.82, 2.24) is 0 Å². The Balaban J connectivity index is 3.04. The summed E-state index contributed by atoms with van der Waals surface area (Å²) < 4.78 is 38.3. The van der Waals surface area contributed by atoms with Crippen molar-refractivity contribution in [2.45, 2.75) is 25.1 Å². The fourth-order valence-corrected chi connectivity index (χ4v) is 1.70. The smallest absolute Gasteiger partial charge is 0.416 e. The van der Waals surface area contributed by atoms with Gasteiger partial charge < -0.3 is 10.8 Å². The van der Waals surface area contributed by atoms with E-state index in [2.05, 4.69) is 0 Å². The van der Waals surface area contributed by atoms with Gasteiger partial charge in [-0.3, -0.25) is 4.79 Å². The van der Waals surface area contributed by atoms with Crippen molar-refractivity contribution in [2.75, 3.05) is 0 Å². The minimum atomic E-state index is -4.57. The SMILES string of the molecule is NC(CCC(=O)O)c1ccc(Cl)cc1C(F)(F)F. The standard InChI is InChI=1S/C11H11ClF3NO2/c12-6-1-2-7(8(5-6)11(13,14)15)9(16)3-4-10(17)18/h1-2,5,9H,3-4,16H2,(H,17,18). The Kier molecular flexibility index (Phi) is 4.59. The molecule has 0 amide bonds. The van der Waals surface area contributed by atoms with Gasteiger partial charge in [0.05, 0.1) is 5.56 Å². The van der Waals surface area contributed by atoms with Crippen molar-refractivity contribution >= 4 is 17.6 Å². The quantitative estimate of drug-likeness (QED) is 0.890. The molecule has 18 heavy (non-hydrogen) atoms. The first-order valence-electron chi connectivity index (χ1n) is 5.06. The lowest BCUT2D eigenvalue weighted by atomic mass is 9.97. The highest BCUT2D eigenvalue weighted by atomic mass is 35.5. The summed E-state index contributed by atoms with van der Waals surface area (Å²) in [7, 11) is 0. The van der Waals surface area contributed by atoms with E-state index < -0.39 is 23.8 Å². The third-order valence-corrected chi connectivity index (χ3v) is 2.62. The summed E-state index contributed by atoms with van der Waals surface area (Å²) in [5, 5.41) is 8.44. The van der Waals surface area contributed by atoms with Gasteiger partial charge in [0.25, 0.3) is 0 Å². The average Bonchev–Trinajstić information content (AvgIpc) is 2.24. The molecule has 0 spiro atoms. The molecule has 0 saturated carbocycles. The van der Waals surface area contributed by atoms with E-state index in [4.69, 9.17) is 22.4 Å². The zero-order valence-electron chi connectivity index (χ0n) is 9.17. The zero-order chi connectivity index (χ0) is 13.9. The second-order valence-electron chi connectivity index (χ2n) is 3.77.